The number of hydrogen-bond donors (Lipinski definition) is 2. The summed E-state index contributed by atoms with van der Waals surface area (Å²) in [5, 5.41) is 2.80. The lowest BCUT2D eigenvalue weighted by molar-refractivity contribution is -0.123. The van der Waals surface area contributed by atoms with Crippen LogP contribution in [-0.4, -0.2) is 30.6 Å². The van der Waals surface area contributed by atoms with Gasteiger partial charge in [0.15, 0.2) is 0 Å². The predicted molar refractivity (Wildman–Crippen MR) is 72.3 cm³/mol. The van der Waals surface area contributed by atoms with Crippen LogP contribution in [0.25, 0.3) is 0 Å². The number of nitrogens with one attached hydrogen (secondary N) is 1. The minimum Gasteiger partial charge on any atom is -0.381 e. The van der Waals surface area contributed by atoms with Crippen LogP contribution in [0.5, 0.6) is 0 Å². The van der Waals surface area contributed by atoms with Gasteiger partial charge in [-0.1, -0.05) is 11.8 Å². The van der Waals surface area contributed by atoms with Gasteiger partial charge in [-0.05, 0) is 25.0 Å². The Balaban J connectivity index is 1.99. The van der Waals surface area contributed by atoms with Gasteiger partial charge < -0.3 is 15.8 Å². The first-order valence-corrected chi connectivity index (χ1v) is 6.33. The van der Waals surface area contributed by atoms with E-state index in [1.54, 1.807) is 18.3 Å². The van der Waals surface area contributed by atoms with E-state index in [4.69, 9.17) is 10.5 Å². The first kappa shape index (κ1) is 13.5. The Kier molecular flexibility index (Phi) is 4.90. The molecule has 1 aromatic rings. The molecule has 0 bridgehead atoms. The van der Waals surface area contributed by atoms with Crippen molar-refractivity contribution in [3.05, 3.63) is 23.9 Å². The highest BCUT2D eigenvalue weighted by atomic mass is 16.5. The number of carbonyl (C=O) groups is 1. The molecule has 0 saturated carbocycles. The predicted octanol–water partition coefficient (Wildman–Crippen LogP) is 0.757. The minimum atomic E-state index is -0.0886. The Hall–Kier alpha value is -1.90. The summed E-state index contributed by atoms with van der Waals surface area (Å²) in [7, 11) is 0. The van der Waals surface area contributed by atoms with Crippen LogP contribution in [0.4, 0.5) is 5.82 Å². The molecule has 1 amide bonds. The molecule has 5 nitrogen and oxygen atoms in total. The van der Waals surface area contributed by atoms with Crippen molar-refractivity contribution in [1.82, 2.24) is 4.98 Å². The zero-order valence-electron chi connectivity index (χ0n) is 10.7. The number of rotatable bonds is 2. The van der Waals surface area contributed by atoms with E-state index in [1.807, 2.05) is 0 Å². The van der Waals surface area contributed by atoms with Crippen LogP contribution in [0.15, 0.2) is 18.3 Å². The maximum atomic E-state index is 12.0. The molecule has 1 aliphatic rings. The van der Waals surface area contributed by atoms with Gasteiger partial charge >= 0.3 is 0 Å². The molecule has 100 valence electrons. The summed E-state index contributed by atoms with van der Waals surface area (Å²) < 4.78 is 5.30. The van der Waals surface area contributed by atoms with Gasteiger partial charge in [0.25, 0.3) is 0 Å². The van der Waals surface area contributed by atoms with Crippen LogP contribution in [0, 0.1) is 17.8 Å². The van der Waals surface area contributed by atoms with Crippen LogP contribution >= 0.6 is 0 Å². The fourth-order valence-corrected chi connectivity index (χ4v) is 1.91. The molecule has 3 N–H and O–H groups in total. The number of anilines is 1. The molecular formula is C14H17N3O2. The number of nitrogens with zero attached hydrogens (tertiary/aromatic N) is 1. The molecule has 1 aromatic heterocycles. The molecule has 19 heavy (non-hydrogen) atoms. The summed E-state index contributed by atoms with van der Waals surface area (Å²) in [6.45, 7) is 1.54. The fraction of sp³-hybridized carbons (Fsp3) is 0.429. The molecule has 0 aromatic carbocycles. The lowest BCUT2D eigenvalue weighted by Crippen LogP contribution is -2.30. The first-order chi connectivity index (χ1) is 9.29. The molecule has 2 heterocycles. The summed E-state index contributed by atoms with van der Waals surface area (Å²) in [5.41, 5.74) is 6.11. The van der Waals surface area contributed by atoms with Crippen molar-refractivity contribution in [2.75, 3.05) is 25.1 Å². The van der Waals surface area contributed by atoms with Crippen LogP contribution < -0.4 is 11.1 Å². The summed E-state index contributed by atoms with van der Waals surface area (Å²) in [5.74, 6) is 6.05. The largest absolute Gasteiger partial charge is 0.381 e. The van der Waals surface area contributed by atoms with Gasteiger partial charge in [0, 0.05) is 18.4 Å². The SMILES string of the molecule is NCC#Cc1ccnc(NC(=O)C2CCCOC2)c1. The molecule has 1 saturated heterocycles. The number of amides is 1. The molecule has 1 aliphatic heterocycles. The van der Waals surface area contributed by atoms with Gasteiger partial charge in [-0.25, -0.2) is 4.98 Å². The third kappa shape index (κ3) is 4.05. The van der Waals surface area contributed by atoms with Gasteiger partial charge in [0.1, 0.15) is 5.82 Å². The molecule has 1 atom stereocenters. The third-order valence-electron chi connectivity index (χ3n) is 2.88. The second-order valence-electron chi connectivity index (χ2n) is 4.34. The third-order valence-corrected chi connectivity index (χ3v) is 2.88. The minimum absolute atomic E-state index is 0.0452. The Labute approximate surface area is 112 Å². The van der Waals surface area contributed by atoms with E-state index in [0.29, 0.717) is 19.0 Å². The lowest BCUT2D eigenvalue weighted by Gasteiger charge is -2.20. The van der Waals surface area contributed by atoms with Crippen LogP contribution in [0.3, 0.4) is 0 Å². The van der Waals surface area contributed by atoms with Gasteiger partial charge in [0.05, 0.1) is 19.1 Å². The van der Waals surface area contributed by atoms with E-state index in [1.165, 1.54) is 0 Å². The van der Waals surface area contributed by atoms with Crippen LogP contribution in [-0.2, 0) is 9.53 Å². The number of carbonyl (C=O) groups excluding carboxylic acids is 1. The van der Waals surface area contributed by atoms with E-state index in [2.05, 4.69) is 22.1 Å². The fourth-order valence-electron chi connectivity index (χ4n) is 1.91. The Morgan fingerprint density at radius 2 is 2.53 bits per heavy atom. The summed E-state index contributed by atoms with van der Waals surface area (Å²) in [6, 6.07) is 3.52. The summed E-state index contributed by atoms with van der Waals surface area (Å²) >= 11 is 0. The molecule has 0 radical (unpaired) electrons. The molecule has 1 fully saturated rings. The van der Waals surface area contributed by atoms with Crippen molar-refractivity contribution >= 4 is 11.7 Å². The van der Waals surface area contributed by atoms with E-state index in [0.717, 1.165) is 25.0 Å². The lowest BCUT2D eigenvalue weighted by atomic mass is 10.0. The topological polar surface area (TPSA) is 77.2 Å². The standard InChI is InChI=1S/C14H17N3O2/c15-6-1-3-11-5-7-16-13(9-11)17-14(18)12-4-2-8-19-10-12/h5,7,9,12H,2,4,6,8,10,15H2,(H,16,17,18). The van der Waals surface area contributed by atoms with E-state index >= 15 is 0 Å². The number of aromatic nitrogens is 1. The maximum Gasteiger partial charge on any atom is 0.230 e. The van der Waals surface area contributed by atoms with Gasteiger partial charge in [-0.2, -0.15) is 0 Å². The van der Waals surface area contributed by atoms with Crippen molar-refractivity contribution in [3.8, 4) is 11.8 Å². The molecule has 0 spiro atoms. The van der Waals surface area contributed by atoms with Crippen LogP contribution in [0.2, 0.25) is 0 Å². The van der Waals surface area contributed by atoms with E-state index < -0.39 is 0 Å². The quantitative estimate of drug-likeness (QED) is 0.769. The molecule has 1 unspecified atom stereocenters. The normalized spacial score (nSPS) is 18.3. The van der Waals surface area contributed by atoms with E-state index in [9.17, 15) is 4.79 Å². The van der Waals surface area contributed by atoms with E-state index in [-0.39, 0.29) is 11.8 Å². The second kappa shape index (κ2) is 6.88. The number of pyridine rings is 1. The van der Waals surface area contributed by atoms with Crippen molar-refractivity contribution in [1.29, 1.82) is 0 Å². The first-order valence-electron chi connectivity index (χ1n) is 6.33. The van der Waals surface area contributed by atoms with Crippen molar-refractivity contribution in [2.24, 2.45) is 11.7 Å². The molecular weight excluding hydrogens is 242 g/mol. The Morgan fingerprint density at radius 3 is 3.26 bits per heavy atom. The zero-order chi connectivity index (χ0) is 13.5. The Bertz CT molecular complexity index is 499. The van der Waals surface area contributed by atoms with Crippen molar-refractivity contribution in [2.45, 2.75) is 12.8 Å². The van der Waals surface area contributed by atoms with Crippen LogP contribution in [0.1, 0.15) is 18.4 Å². The molecule has 0 aliphatic carbocycles. The van der Waals surface area contributed by atoms with Gasteiger partial charge in [0.2, 0.25) is 5.91 Å². The maximum absolute atomic E-state index is 12.0. The highest BCUT2D eigenvalue weighted by molar-refractivity contribution is 5.91. The van der Waals surface area contributed by atoms with Crippen molar-refractivity contribution < 1.29 is 9.53 Å². The average Bonchev–Trinajstić information content (AvgIpc) is 2.46. The smallest absolute Gasteiger partial charge is 0.230 e. The Morgan fingerprint density at radius 1 is 1.63 bits per heavy atom. The second-order valence-corrected chi connectivity index (χ2v) is 4.34. The highest BCUT2D eigenvalue weighted by Crippen LogP contribution is 2.16. The number of hydrogen-bond acceptors (Lipinski definition) is 4. The zero-order valence-corrected chi connectivity index (χ0v) is 10.7. The van der Waals surface area contributed by atoms with Crippen molar-refractivity contribution in [3.63, 3.8) is 0 Å². The number of ether oxygens (including phenoxy) is 1. The van der Waals surface area contributed by atoms with Gasteiger partial charge in [-0.15, -0.1) is 0 Å². The highest BCUT2D eigenvalue weighted by Gasteiger charge is 2.21. The number of nitrogens with two attached hydrogens (primary N) is 1. The summed E-state index contributed by atoms with van der Waals surface area (Å²) in [4.78, 5) is 16.1. The monoisotopic (exact) mass is 259 g/mol. The van der Waals surface area contributed by atoms with Gasteiger partial charge in [-0.3, -0.25) is 4.79 Å². The molecule has 2 rings (SSSR count). The average molecular weight is 259 g/mol. The molecule has 5 heteroatoms. The summed E-state index contributed by atoms with van der Waals surface area (Å²) in [6.07, 6.45) is 3.40.